The number of aromatic nitrogens is 1. The smallest absolute Gasteiger partial charge is 0.434 e. The van der Waals surface area contributed by atoms with Crippen molar-refractivity contribution in [3.8, 4) is 17.2 Å². The summed E-state index contributed by atoms with van der Waals surface area (Å²) in [6.07, 6.45) is -4.03. The van der Waals surface area contributed by atoms with Crippen LogP contribution in [-0.4, -0.2) is 44.5 Å². The van der Waals surface area contributed by atoms with Crippen LogP contribution >= 0.6 is 35.3 Å². The van der Waals surface area contributed by atoms with Crippen LogP contribution in [-0.2, 0) is 12.6 Å². The molecule has 0 saturated heterocycles. The van der Waals surface area contributed by atoms with E-state index in [0.29, 0.717) is 54.3 Å². The molecule has 0 aliphatic carbocycles. The van der Waals surface area contributed by atoms with E-state index in [9.17, 15) is 13.2 Å². The Kier molecular flexibility index (Phi) is 8.61. The summed E-state index contributed by atoms with van der Waals surface area (Å²) in [5.41, 5.74) is -0.851. The zero-order chi connectivity index (χ0) is 20.0. The van der Waals surface area contributed by atoms with Crippen molar-refractivity contribution < 1.29 is 27.4 Å². The molecular formula is C17H20F3IN4O3S. The van der Waals surface area contributed by atoms with Gasteiger partial charge >= 0.3 is 6.18 Å². The molecule has 0 spiro atoms. The molecule has 1 aromatic carbocycles. The van der Waals surface area contributed by atoms with Crippen LogP contribution in [0.5, 0.6) is 17.2 Å². The maximum Gasteiger partial charge on any atom is 0.434 e. The van der Waals surface area contributed by atoms with Gasteiger partial charge in [-0.1, -0.05) is 0 Å². The Morgan fingerprint density at radius 3 is 2.72 bits per heavy atom. The quantitative estimate of drug-likeness (QED) is 0.241. The van der Waals surface area contributed by atoms with E-state index < -0.39 is 11.9 Å². The van der Waals surface area contributed by atoms with Gasteiger partial charge < -0.3 is 24.8 Å². The van der Waals surface area contributed by atoms with Gasteiger partial charge in [0.05, 0.1) is 11.6 Å². The summed E-state index contributed by atoms with van der Waals surface area (Å²) in [7, 11) is 1.61. The van der Waals surface area contributed by atoms with E-state index in [1.54, 1.807) is 25.2 Å². The molecule has 0 saturated carbocycles. The summed E-state index contributed by atoms with van der Waals surface area (Å²) in [6.45, 7) is 1.50. The van der Waals surface area contributed by atoms with Gasteiger partial charge in [-0.3, -0.25) is 4.99 Å². The van der Waals surface area contributed by atoms with Crippen molar-refractivity contribution in [2.24, 2.45) is 4.99 Å². The van der Waals surface area contributed by atoms with Crippen LogP contribution in [0.15, 0.2) is 28.6 Å². The Labute approximate surface area is 186 Å². The fourth-order valence-electron chi connectivity index (χ4n) is 2.37. The van der Waals surface area contributed by atoms with Crippen LogP contribution in [0.25, 0.3) is 0 Å². The highest BCUT2D eigenvalue weighted by molar-refractivity contribution is 14.0. The molecule has 0 radical (unpaired) electrons. The van der Waals surface area contributed by atoms with Gasteiger partial charge in [0, 0.05) is 31.5 Å². The van der Waals surface area contributed by atoms with Gasteiger partial charge in [0.2, 0.25) is 6.79 Å². The van der Waals surface area contributed by atoms with Crippen LogP contribution in [0.1, 0.15) is 10.7 Å². The van der Waals surface area contributed by atoms with Crippen molar-refractivity contribution in [3.63, 3.8) is 0 Å². The van der Waals surface area contributed by atoms with E-state index in [1.165, 1.54) is 0 Å². The summed E-state index contributed by atoms with van der Waals surface area (Å²) < 4.78 is 53.8. The molecule has 3 rings (SSSR count). The molecule has 0 bridgehead atoms. The number of aliphatic imine (C=N–C) groups is 1. The van der Waals surface area contributed by atoms with Crippen LogP contribution in [0.4, 0.5) is 13.2 Å². The molecule has 1 aromatic heterocycles. The van der Waals surface area contributed by atoms with Gasteiger partial charge in [-0.15, -0.1) is 35.3 Å². The number of hydrogen-bond donors (Lipinski definition) is 2. The molecule has 2 heterocycles. The second kappa shape index (κ2) is 10.7. The minimum atomic E-state index is -4.41. The van der Waals surface area contributed by atoms with Gasteiger partial charge in [0.15, 0.2) is 23.2 Å². The molecule has 0 amide bonds. The maximum absolute atomic E-state index is 12.5. The Bertz CT molecular complexity index is 832. The molecule has 1 aliphatic rings. The third kappa shape index (κ3) is 6.80. The number of halogens is 4. The molecule has 0 fully saturated rings. The lowest BCUT2D eigenvalue weighted by molar-refractivity contribution is -0.140. The summed E-state index contributed by atoms with van der Waals surface area (Å²) in [6, 6.07) is 5.34. The first-order chi connectivity index (χ1) is 13.5. The zero-order valence-corrected chi connectivity index (χ0v) is 18.6. The molecule has 2 aromatic rings. The van der Waals surface area contributed by atoms with E-state index in [1.807, 2.05) is 0 Å². The third-order valence-corrected chi connectivity index (χ3v) is 4.61. The van der Waals surface area contributed by atoms with E-state index >= 15 is 0 Å². The summed E-state index contributed by atoms with van der Waals surface area (Å²) in [5, 5.41) is 7.54. The van der Waals surface area contributed by atoms with E-state index in [2.05, 4.69) is 20.6 Å². The summed E-state index contributed by atoms with van der Waals surface area (Å²) in [4.78, 5) is 7.65. The number of benzene rings is 1. The number of nitrogens with one attached hydrogen (secondary N) is 2. The average molecular weight is 544 g/mol. The lowest BCUT2D eigenvalue weighted by Gasteiger charge is -2.12. The highest BCUT2D eigenvalue weighted by Gasteiger charge is 2.33. The Morgan fingerprint density at radius 2 is 2.00 bits per heavy atom. The zero-order valence-electron chi connectivity index (χ0n) is 15.4. The van der Waals surface area contributed by atoms with Gasteiger partial charge in [-0.25, -0.2) is 4.98 Å². The van der Waals surface area contributed by atoms with Crippen molar-refractivity contribution in [2.75, 3.05) is 33.5 Å². The number of rotatable bonds is 7. The summed E-state index contributed by atoms with van der Waals surface area (Å²) in [5.74, 6) is 2.54. The lowest BCUT2D eigenvalue weighted by atomic mass is 10.3. The standard InChI is InChI=1S/C17H19F3N4O3S.HI/c1-21-16(22-5-4-15-24-14(9-28-15)17(18,19)20)23-6-7-25-11-2-3-12-13(8-11)27-10-26-12;/h2-3,8-9H,4-7,10H2,1H3,(H2,21,22,23);1H. The Balaban J connectivity index is 0.00000300. The monoisotopic (exact) mass is 544 g/mol. The molecule has 0 unspecified atom stereocenters. The first-order valence-electron chi connectivity index (χ1n) is 8.44. The third-order valence-electron chi connectivity index (χ3n) is 3.70. The average Bonchev–Trinajstić information content (AvgIpc) is 3.32. The highest BCUT2D eigenvalue weighted by Crippen LogP contribution is 2.35. The first kappa shape index (κ1) is 23.3. The highest BCUT2D eigenvalue weighted by atomic mass is 127. The van der Waals surface area contributed by atoms with Crippen LogP contribution < -0.4 is 24.8 Å². The molecule has 0 atom stereocenters. The second-order valence-electron chi connectivity index (χ2n) is 5.66. The van der Waals surface area contributed by atoms with Crippen molar-refractivity contribution >= 4 is 41.3 Å². The minimum absolute atomic E-state index is 0. The first-order valence-corrected chi connectivity index (χ1v) is 9.32. The number of fused-ring (bicyclic) bond motifs is 1. The molecule has 1 aliphatic heterocycles. The van der Waals surface area contributed by atoms with Gasteiger partial charge in [0.1, 0.15) is 12.4 Å². The van der Waals surface area contributed by atoms with Crippen LogP contribution in [0.3, 0.4) is 0 Å². The molecule has 7 nitrogen and oxygen atoms in total. The van der Waals surface area contributed by atoms with Crippen molar-refractivity contribution in [3.05, 3.63) is 34.3 Å². The fourth-order valence-corrected chi connectivity index (χ4v) is 3.17. The molecular weight excluding hydrogens is 524 g/mol. The number of hydrogen-bond acceptors (Lipinski definition) is 6. The normalized spacial score (nSPS) is 13.0. The minimum Gasteiger partial charge on any atom is -0.492 e. The van der Waals surface area contributed by atoms with Gasteiger partial charge in [-0.2, -0.15) is 13.2 Å². The molecule has 160 valence electrons. The van der Waals surface area contributed by atoms with Crippen molar-refractivity contribution in [1.82, 2.24) is 15.6 Å². The van der Waals surface area contributed by atoms with Crippen molar-refractivity contribution in [1.29, 1.82) is 0 Å². The maximum atomic E-state index is 12.5. The molecule has 29 heavy (non-hydrogen) atoms. The van der Waals surface area contributed by atoms with Crippen molar-refractivity contribution in [2.45, 2.75) is 12.6 Å². The SMILES string of the molecule is CN=C(NCCOc1ccc2c(c1)OCO2)NCCc1nc(C(F)(F)F)cs1.I. The van der Waals surface area contributed by atoms with Gasteiger partial charge in [-0.05, 0) is 12.1 Å². The predicted octanol–water partition coefficient (Wildman–Crippen LogP) is 3.30. The number of nitrogens with zero attached hydrogens (tertiary/aromatic N) is 2. The predicted molar refractivity (Wildman–Crippen MR) is 114 cm³/mol. The fraction of sp³-hybridized carbons (Fsp3) is 0.412. The lowest BCUT2D eigenvalue weighted by Crippen LogP contribution is -2.40. The van der Waals surface area contributed by atoms with E-state index in [0.717, 1.165) is 16.7 Å². The van der Waals surface area contributed by atoms with Crippen LogP contribution in [0, 0.1) is 0 Å². The van der Waals surface area contributed by atoms with Gasteiger partial charge in [0.25, 0.3) is 0 Å². The van der Waals surface area contributed by atoms with E-state index in [-0.39, 0.29) is 30.8 Å². The number of thiazole rings is 1. The number of ether oxygens (including phenoxy) is 3. The topological polar surface area (TPSA) is 77.0 Å². The number of alkyl halides is 3. The number of guanidine groups is 1. The molecule has 12 heteroatoms. The van der Waals surface area contributed by atoms with E-state index in [4.69, 9.17) is 14.2 Å². The Morgan fingerprint density at radius 1 is 1.24 bits per heavy atom. The largest absolute Gasteiger partial charge is 0.492 e. The Hall–Kier alpha value is -1.96. The summed E-state index contributed by atoms with van der Waals surface area (Å²) >= 11 is 0.993. The van der Waals surface area contributed by atoms with Crippen LogP contribution in [0.2, 0.25) is 0 Å². The second-order valence-corrected chi connectivity index (χ2v) is 6.61. The molecule has 2 N–H and O–H groups in total.